The van der Waals surface area contributed by atoms with E-state index in [1.54, 1.807) is 7.11 Å². The second-order valence-electron chi connectivity index (χ2n) is 5.10. The highest BCUT2D eigenvalue weighted by Crippen LogP contribution is 2.17. The standard InChI is InChI=1S/C17H21N3O2/c1-20(2)15-8-5-7-14(11-15)19-17(21)18-12-13-6-4-9-16(10-13)22-3/h4-11H,12H2,1-3H3,(H2,18,19,21). The molecular weight excluding hydrogens is 278 g/mol. The van der Waals surface area contributed by atoms with E-state index in [1.807, 2.05) is 67.5 Å². The smallest absolute Gasteiger partial charge is 0.319 e. The van der Waals surface area contributed by atoms with Gasteiger partial charge in [0.1, 0.15) is 5.75 Å². The Morgan fingerprint density at radius 2 is 1.91 bits per heavy atom. The Labute approximate surface area is 130 Å². The minimum atomic E-state index is -0.237. The summed E-state index contributed by atoms with van der Waals surface area (Å²) in [5.41, 5.74) is 2.77. The number of ether oxygens (including phenoxy) is 1. The van der Waals surface area contributed by atoms with Gasteiger partial charge in [-0.15, -0.1) is 0 Å². The van der Waals surface area contributed by atoms with E-state index < -0.39 is 0 Å². The monoisotopic (exact) mass is 299 g/mol. The second-order valence-corrected chi connectivity index (χ2v) is 5.10. The third-order valence-corrected chi connectivity index (χ3v) is 3.21. The first-order valence-electron chi connectivity index (χ1n) is 7.03. The highest BCUT2D eigenvalue weighted by atomic mass is 16.5. The summed E-state index contributed by atoms with van der Waals surface area (Å²) >= 11 is 0. The minimum absolute atomic E-state index is 0.237. The molecule has 0 aliphatic carbocycles. The fourth-order valence-electron chi connectivity index (χ4n) is 2.00. The average molecular weight is 299 g/mol. The lowest BCUT2D eigenvalue weighted by molar-refractivity contribution is 0.251. The highest BCUT2D eigenvalue weighted by Gasteiger charge is 2.04. The summed E-state index contributed by atoms with van der Waals surface area (Å²) in [6, 6.07) is 15.0. The van der Waals surface area contributed by atoms with Crippen LogP contribution in [-0.2, 0) is 6.54 Å². The summed E-state index contributed by atoms with van der Waals surface area (Å²) in [5, 5.41) is 5.66. The molecule has 0 bridgehead atoms. The number of methoxy groups -OCH3 is 1. The van der Waals surface area contributed by atoms with Gasteiger partial charge >= 0.3 is 6.03 Å². The van der Waals surface area contributed by atoms with Gasteiger partial charge in [0.2, 0.25) is 0 Å². The molecule has 0 saturated carbocycles. The molecule has 2 rings (SSSR count). The Bertz CT molecular complexity index is 641. The summed E-state index contributed by atoms with van der Waals surface area (Å²) in [5.74, 6) is 0.776. The van der Waals surface area contributed by atoms with Crippen molar-refractivity contribution >= 4 is 17.4 Å². The molecule has 2 amide bonds. The SMILES string of the molecule is COc1cccc(CNC(=O)Nc2cccc(N(C)C)c2)c1. The summed E-state index contributed by atoms with van der Waals surface area (Å²) in [6.45, 7) is 0.441. The van der Waals surface area contributed by atoms with Crippen molar-refractivity contribution in [1.82, 2.24) is 5.32 Å². The number of nitrogens with one attached hydrogen (secondary N) is 2. The molecule has 0 fully saturated rings. The Hall–Kier alpha value is -2.69. The van der Waals surface area contributed by atoms with E-state index in [9.17, 15) is 4.79 Å². The van der Waals surface area contributed by atoms with E-state index in [-0.39, 0.29) is 6.03 Å². The average Bonchev–Trinajstić information content (AvgIpc) is 2.53. The van der Waals surface area contributed by atoms with Crippen molar-refractivity contribution < 1.29 is 9.53 Å². The van der Waals surface area contributed by atoms with Gasteiger partial charge in [0.15, 0.2) is 0 Å². The fraction of sp³-hybridized carbons (Fsp3) is 0.235. The van der Waals surface area contributed by atoms with E-state index in [0.29, 0.717) is 6.54 Å². The fourth-order valence-corrected chi connectivity index (χ4v) is 2.00. The molecule has 5 nitrogen and oxygen atoms in total. The number of nitrogens with zero attached hydrogens (tertiary/aromatic N) is 1. The maximum absolute atomic E-state index is 12.0. The first-order chi connectivity index (χ1) is 10.6. The van der Waals surface area contributed by atoms with Crippen molar-refractivity contribution in [3.05, 3.63) is 54.1 Å². The number of hydrogen-bond acceptors (Lipinski definition) is 3. The van der Waals surface area contributed by atoms with Crippen LogP contribution in [0.5, 0.6) is 5.75 Å². The summed E-state index contributed by atoms with van der Waals surface area (Å²) in [4.78, 5) is 13.9. The van der Waals surface area contributed by atoms with Crippen molar-refractivity contribution in [2.45, 2.75) is 6.54 Å². The maximum atomic E-state index is 12.0. The van der Waals surface area contributed by atoms with E-state index in [0.717, 1.165) is 22.7 Å². The third-order valence-electron chi connectivity index (χ3n) is 3.21. The van der Waals surface area contributed by atoms with Crippen molar-refractivity contribution in [3.8, 4) is 5.75 Å². The van der Waals surface area contributed by atoms with Gasteiger partial charge in [-0.2, -0.15) is 0 Å². The molecule has 0 aromatic heterocycles. The van der Waals surface area contributed by atoms with Gasteiger partial charge in [0.25, 0.3) is 0 Å². The predicted octanol–water partition coefficient (Wildman–Crippen LogP) is 3.08. The van der Waals surface area contributed by atoms with Crippen molar-refractivity contribution in [2.75, 3.05) is 31.4 Å². The van der Waals surface area contributed by atoms with Crippen LogP contribution in [0.25, 0.3) is 0 Å². The number of rotatable bonds is 5. The molecule has 0 heterocycles. The van der Waals surface area contributed by atoms with Crippen LogP contribution in [0.3, 0.4) is 0 Å². The van der Waals surface area contributed by atoms with E-state index >= 15 is 0 Å². The number of urea groups is 1. The van der Waals surface area contributed by atoms with Crippen LogP contribution in [0.2, 0.25) is 0 Å². The van der Waals surface area contributed by atoms with Gasteiger partial charge in [-0.05, 0) is 35.9 Å². The number of carbonyl (C=O) groups excluding carboxylic acids is 1. The molecule has 0 unspecified atom stereocenters. The first-order valence-corrected chi connectivity index (χ1v) is 7.03. The number of carbonyl (C=O) groups is 1. The largest absolute Gasteiger partial charge is 0.497 e. The van der Waals surface area contributed by atoms with Gasteiger partial charge in [-0.25, -0.2) is 4.79 Å². The lowest BCUT2D eigenvalue weighted by Crippen LogP contribution is -2.28. The van der Waals surface area contributed by atoms with E-state index in [1.165, 1.54) is 0 Å². The van der Waals surface area contributed by atoms with Gasteiger partial charge in [0.05, 0.1) is 7.11 Å². The van der Waals surface area contributed by atoms with Crippen LogP contribution in [0.15, 0.2) is 48.5 Å². The normalized spacial score (nSPS) is 9.95. The van der Waals surface area contributed by atoms with Gasteiger partial charge < -0.3 is 20.3 Å². The van der Waals surface area contributed by atoms with Crippen LogP contribution in [0, 0.1) is 0 Å². The molecule has 5 heteroatoms. The topological polar surface area (TPSA) is 53.6 Å². The molecule has 2 aromatic carbocycles. The third kappa shape index (κ3) is 4.41. The second kappa shape index (κ2) is 7.36. The van der Waals surface area contributed by atoms with Crippen LogP contribution in [0.4, 0.5) is 16.2 Å². The zero-order chi connectivity index (χ0) is 15.9. The molecule has 0 aliphatic heterocycles. The molecule has 0 spiro atoms. The van der Waals surface area contributed by atoms with Gasteiger partial charge in [-0.1, -0.05) is 18.2 Å². The summed E-state index contributed by atoms with van der Waals surface area (Å²) in [6.07, 6.45) is 0. The minimum Gasteiger partial charge on any atom is -0.497 e. The van der Waals surface area contributed by atoms with Crippen molar-refractivity contribution in [3.63, 3.8) is 0 Å². The Balaban J connectivity index is 1.91. The van der Waals surface area contributed by atoms with Crippen molar-refractivity contribution in [1.29, 1.82) is 0 Å². The summed E-state index contributed by atoms with van der Waals surface area (Å²) < 4.78 is 5.16. The lowest BCUT2D eigenvalue weighted by atomic mass is 10.2. The molecule has 116 valence electrons. The van der Waals surface area contributed by atoms with Crippen LogP contribution >= 0.6 is 0 Å². The number of amides is 2. The molecule has 2 aromatic rings. The zero-order valence-corrected chi connectivity index (χ0v) is 13.1. The quantitative estimate of drug-likeness (QED) is 0.892. The molecule has 0 saturated heterocycles. The molecular formula is C17H21N3O2. The van der Waals surface area contributed by atoms with E-state index in [4.69, 9.17) is 4.74 Å². The zero-order valence-electron chi connectivity index (χ0n) is 13.1. The predicted molar refractivity (Wildman–Crippen MR) is 89.6 cm³/mol. The van der Waals surface area contributed by atoms with E-state index in [2.05, 4.69) is 10.6 Å². The van der Waals surface area contributed by atoms with Crippen LogP contribution < -0.4 is 20.3 Å². The lowest BCUT2D eigenvalue weighted by Gasteiger charge is -2.14. The Morgan fingerprint density at radius 3 is 2.64 bits per heavy atom. The highest BCUT2D eigenvalue weighted by molar-refractivity contribution is 5.89. The van der Waals surface area contributed by atoms with Crippen LogP contribution in [-0.4, -0.2) is 27.2 Å². The molecule has 0 aliphatic rings. The summed E-state index contributed by atoms with van der Waals surface area (Å²) in [7, 11) is 5.54. The van der Waals surface area contributed by atoms with Crippen molar-refractivity contribution in [2.24, 2.45) is 0 Å². The first kappa shape index (κ1) is 15.7. The molecule has 2 N–H and O–H groups in total. The molecule has 22 heavy (non-hydrogen) atoms. The van der Waals surface area contributed by atoms with Gasteiger partial charge in [0, 0.05) is 32.0 Å². The van der Waals surface area contributed by atoms with Gasteiger partial charge in [-0.3, -0.25) is 0 Å². The Kier molecular flexibility index (Phi) is 5.25. The maximum Gasteiger partial charge on any atom is 0.319 e. The van der Waals surface area contributed by atoms with Crippen LogP contribution in [0.1, 0.15) is 5.56 Å². The number of anilines is 2. The number of hydrogen-bond donors (Lipinski definition) is 2. The molecule has 0 atom stereocenters. The number of benzene rings is 2. The Morgan fingerprint density at radius 1 is 1.14 bits per heavy atom. The molecule has 0 radical (unpaired) electrons.